The van der Waals surface area contributed by atoms with Crippen molar-refractivity contribution < 1.29 is 19.5 Å². The number of hydrogen-bond donors (Lipinski definition) is 3. The van der Waals surface area contributed by atoms with Crippen LogP contribution in [0, 0.1) is 0 Å². The molecule has 34 heavy (non-hydrogen) atoms. The molecule has 0 radical (unpaired) electrons. The van der Waals surface area contributed by atoms with E-state index < -0.39 is 23.8 Å². The number of nitrogens with zero attached hydrogens (tertiary/aromatic N) is 1. The molecule has 7 nitrogen and oxygen atoms in total. The molecule has 3 aromatic rings. The number of carbonyl (C=O) groups excluding carboxylic acids is 2. The lowest BCUT2D eigenvalue weighted by atomic mass is 10.0. The van der Waals surface area contributed by atoms with Crippen molar-refractivity contribution in [1.29, 1.82) is 0 Å². The smallest absolute Gasteiger partial charge is 0.303 e. The predicted octanol–water partition coefficient (Wildman–Crippen LogP) is 3.70. The highest BCUT2D eigenvalue weighted by molar-refractivity contribution is 5.98. The van der Waals surface area contributed by atoms with Crippen molar-refractivity contribution in [2.75, 3.05) is 19.0 Å². The molecular formula is C27H29N3O4. The monoisotopic (exact) mass is 459 g/mol. The van der Waals surface area contributed by atoms with E-state index in [0.717, 1.165) is 22.4 Å². The number of amides is 2. The maximum absolute atomic E-state index is 12.8. The van der Waals surface area contributed by atoms with Gasteiger partial charge in [0.05, 0.1) is 0 Å². The highest BCUT2D eigenvalue weighted by Crippen LogP contribution is 2.19. The lowest BCUT2D eigenvalue weighted by molar-refractivity contribution is -0.137. The molecule has 0 spiro atoms. The van der Waals surface area contributed by atoms with E-state index in [2.05, 4.69) is 10.6 Å². The maximum Gasteiger partial charge on any atom is 0.303 e. The van der Waals surface area contributed by atoms with Crippen LogP contribution in [-0.4, -0.2) is 43.0 Å². The van der Waals surface area contributed by atoms with Gasteiger partial charge in [-0.15, -0.1) is 0 Å². The normalized spacial score (nSPS) is 11.4. The Morgan fingerprint density at radius 2 is 1.56 bits per heavy atom. The van der Waals surface area contributed by atoms with Crippen LogP contribution in [0.5, 0.6) is 0 Å². The first-order valence-electron chi connectivity index (χ1n) is 11.1. The highest BCUT2D eigenvalue weighted by atomic mass is 16.4. The van der Waals surface area contributed by atoms with Crippen molar-refractivity contribution >= 4 is 23.5 Å². The van der Waals surface area contributed by atoms with Crippen molar-refractivity contribution in [2.24, 2.45) is 0 Å². The fourth-order valence-corrected chi connectivity index (χ4v) is 3.48. The number of carboxylic acid groups (broad SMARTS) is 1. The Bertz CT molecular complexity index is 1130. The van der Waals surface area contributed by atoms with E-state index in [-0.39, 0.29) is 19.4 Å². The largest absolute Gasteiger partial charge is 0.481 e. The summed E-state index contributed by atoms with van der Waals surface area (Å²) in [5, 5.41) is 14.6. The topological polar surface area (TPSA) is 98.7 Å². The standard InChI is InChI=1S/C27H29N3O4/c1-30(2)23-10-6-7-19(17-23)18-28-27(34)24(15-16-25(31)32)29-26(33)22-13-11-21(12-14-22)20-8-4-3-5-9-20/h3-14,17,24H,15-16,18H2,1-2H3,(H,28,34)(H,29,33)(H,31,32)/t24-/m0/s1. The second-order valence-electron chi connectivity index (χ2n) is 8.18. The first kappa shape index (κ1) is 24.5. The van der Waals surface area contributed by atoms with Crippen LogP contribution in [0.25, 0.3) is 11.1 Å². The SMILES string of the molecule is CN(C)c1cccc(CNC(=O)[C@H](CCC(=O)O)NC(=O)c2ccc(-c3ccccc3)cc2)c1. The van der Waals surface area contributed by atoms with Crippen LogP contribution in [0.1, 0.15) is 28.8 Å². The minimum Gasteiger partial charge on any atom is -0.481 e. The molecule has 2 amide bonds. The Kier molecular flexibility index (Phi) is 8.40. The van der Waals surface area contributed by atoms with Crippen LogP contribution in [0.3, 0.4) is 0 Å². The molecule has 0 saturated heterocycles. The Balaban J connectivity index is 1.66. The molecule has 0 unspecified atom stereocenters. The summed E-state index contributed by atoms with van der Waals surface area (Å²) in [7, 11) is 3.86. The number of hydrogen-bond acceptors (Lipinski definition) is 4. The molecule has 3 N–H and O–H groups in total. The zero-order valence-corrected chi connectivity index (χ0v) is 19.3. The zero-order chi connectivity index (χ0) is 24.5. The molecule has 3 rings (SSSR count). The van der Waals surface area contributed by atoms with Gasteiger partial charge in [-0.3, -0.25) is 14.4 Å². The fraction of sp³-hybridized carbons (Fsp3) is 0.222. The van der Waals surface area contributed by atoms with Crippen molar-refractivity contribution in [3.05, 3.63) is 90.0 Å². The van der Waals surface area contributed by atoms with E-state index in [4.69, 9.17) is 5.11 Å². The Morgan fingerprint density at radius 1 is 0.882 bits per heavy atom. The molecule has 0 saturated carbocycles. The van der Waals surface area contributed by atoms with Gasteiger partial charge in [-0.05, 0) is 47.4 Å². The van der Waals surface area contributed by atoms with E-state index in [1.165, 1.54) is 0 Å². The van der Waals surface area contributed by atoms with Crippen LogP contribution >= 0.6 is 0 Å². The number of carboxylic acids is 1. The molecule has 0 aromatic heterocycles. The third kappa shape index (κ3) is 6.93. The van der Waals surface area contributed by atoms with Crippen LogP contribution < -0.4 is 15.5 Å². The minimum absolute atomic E-state index is 0.00720. The van der Waals surface area contributed by atoms with E-state index in [9.17, 15) is 14.4 Å². The summed E-state index contributed by atoms with van der Waals surface area (Å²) in [6.45, 7) is 0.270. The molecule has 3 aromatic carbocycles. The molecule has 0 aliphatic heterocycles. The molecule has 0 fully saturated rings. The molecule has 0 heterocycles. The van der Waals surface area contributed by atoms with Gasteiger partial charge < -0.3 is 20.6 Å². The Hall–Kier alpha value is -4.13. The van der Waals surface area contributed by atoms with Gasteiger partial charge in [-0.2, -0.15) is 0 Å². The molecule has 7 heteroatoms. The summed E-state index contributed by atoms with van der Waals surface area (Å²) in [6, 6.07) is 23.6. The number of rotatable bonds is 10. The zero-order valence-electron chi connectivity index (χ0n) is 19.3. The average Bonchev–Trinajstić information content (AvgIpc) is 2.85. The maximum atomic E-state index is 12.8. The van der Waals surface area contributed by atoms with Gasteiger partial charge in [-0.1, -0.05) is 54.6 Å². The van der Waals surface area contributed by atoms with E-state index in [1.54, 1.807) is 12.1 Å². The predicted molar refractivity (Wildman–Crippen MR) is 133 cm³/mol. The van der Waals surface area contributed by atoms with Gasteiger partial charge in [0.15, 0.2) is 0 Å². The lowest BCUT2D eigenvalue weighted by Gasteiger charge is -2.19. The number of carbonyl (C=O) groups is 3. The van der Waals surface area contributed by atoms with E-state index >= 15 is 0 Å². The first-order chi connectivity index (χ1) is 16.3. The summed E-state index contributed by atoms with van der Waals surface area (Å²) >= 11 is 0. The number of anilines is 1. The van der Waals surface area contributed by atoms with E-state index in [0.29, 0.717) is 5.56 Å². The first-order valence-corrected chi connectivity index (χ1v) is 11.1. The second-order valence-corrected chi connectivity index (χ2v) is 8.18. The van der Waals surface area contributed by atoms with Gasteiger partial charge in [0.2, 0.25) is 5.91 Å². The summed E-state index contributed by atoms with van der Waals surface area (Å²) in [4.78, 5) is 38.7. The van der Waals surface area contributed by atoms with Crippen molar-refractivity contribution in [1.82, 2.24) is 10.6 Å². The molecule has 176 valence electrons. The van der Waals surface area contributed by atoms with Crippen molar-refractivity contribution in [2.45, 2.75) is 25.4 Å². The Morgan fingerprint density at radius 3 is 2.21 bits per heavy atom. The molecular weight excluding hydrogens is 430 g/mol. The highest BCUT2D eigenvalue weighted by Gasteiger charge is 2.22. The third-order valence-electron chi connectivity index (χ3n) is 5.42. The lowest BCUT2D eigenvalue weighted by Crippen LogP contribution is -2.46. The molecule has 0 aliphatic rings. The summed E-state index contributed by atoms with van der Waals surface area (Å²) in [6.07, 6.45) is -0.242. The van der Waals surface area contributed by atoms with Crippen LogP contribution in [-0.2, 0) is 16.1 Å². The van der Waals surface area contributed by atoms with Gasteiger partial charge in [-0.25, -0.2) is 0 Å². The molecule has 1 atom stereocenters. The Labute approximate surface area is 199 Å². The quantitative estimate of drug-likeness (QED) is 0.429. The van der Waals surface area contributed by atoms with E-state index in [1.807, 2.05) is 85.7 Å². The minimum atomic E-state index is -1.03. The second kappa shape index (κ2) is 11.7. The number of benzene rings is 3. The number of nitrogens with one attached hydrogen (secondary N) is 2. The average molecular weight is 460 g/mol. The summed E-state index contributed by atoms with van der Waals surface area (Å²) in [5.74, 6) is -1.89. The number of aliphatic carboxylic acids is 1. The van der Waals surface area contributed by atoms with Crippen molar-refractivity contribution in [3.8, 4) is 11.1 Å². The van der Waals surface area contributed by atoms with Crippen LogP contribution in [0.15, 0.2) is 78.9 Å². The van der Waals surface area contributed by atoms with Gasteiger partial charge >= 0.3 is 5.97 Å². The van der Waals surface area contributed by atoms with Gasteiger partial charge in [0, 0.05) is 38.3 Å². The summed E-state index contributed by atoms with van der Waals surface area (Å²) in [5.41, 5.74) is 4.30. The molecule has 0 bridgehead atoms. The van der Waals surface area contributed by atoms with Gasteiger partial charge in [0.1, 0.15) is 6.04 Å². The van der Waals surface area contributed by atoms with Gasteiger partial charge in [0.25, 0.3) is 5.91 Å². The third-order valence-corrected chi connectivity index (χ3v) is 5.42. The molecule has 0 aliphatic carbocycles. The summed E-state index contributed by atoms with van der Waals surface area (Å²) < 4.78 is 0. The van der Waals surface area contributed by atoms with Crippen LogP contribution in [0.4, 0.5) is 5.69 Å². The van der Waals surface area contributed by atoms with Crippen LogP contribution in [0.2, 0.25) is 0 Å². The van der Waals surface area contributed by atoms with Crippen molar-refractivity contribution in [3.63, 3.8) is 0 Å². The fourth-order valence-electron chi connectivity index (χ4n) is 3.48.